The summed E-state index contributed by atoms with van der Waals surface area (Å²) in [6, 6.07) is 6.16. The largest absolute Gasteiger partial charge is 0.371 e. The summed E-state index contributed by atoms with van der Waals surface area (Å²) in [6.45, 7) is 7.60. The Morgan fingerprint density at radius 2 is 1.70 bits per heavy atom. The van der Waals surface area contributed by atoms with Gasteiger partial charge in [-0.25, -0.2) is 9.97 Å². The van der Waals surface area contributed by atoms with Crippen LogP contribution >= 0.6 is 11.5 Å². The maximum absolute atomic E-state index is 13.5. The Hall–Kier alpha value is -5.49. The maximum Gasteiger partial charge on any atom is 0.271 e. The lowest BCUT2D eigenvalue weighted by atomic mass is 9.91. The lowest BCUT2D eigenvalue weighted by Crippen LogP contribution is -2.54. The molecule has 5 aliphatic heterocycles. The highest BCUT2D eigenvalue weighted by Gasteiger charge is 2.45. The molecule has 0 aliphatic carbocycles. The first-order chi connectivity index (χ1) is 27.5. The van der Waals surface area contributed by atoms with Gasteiger partial charge in [-0.05, 0) is 107 Å². The number of piperidine rings is 4. The molecule has 1 aromatic carbocycles. The Labute approximate surface area is 333 Å². The molecule has 0 radical (unpaired) electrons. The Morgan fingerprint density at radius 1 is 0.930 bits per heavy atom. The molecule has 0 bridgehead atoms. The average molecular weight is 798 g/mol. The highest BCUT2D eigenvalue weighted by Crippen LogP contribution is 2.33. The highest BCUT2D eigenvalue weighted by molar-refractivity contribution is 7.10. The molecule has 300 valence electrons. The molecule has 3 aromatic rings. The van der Waals surface area contributed by atoms with Gasteiger partial charge in [0.1, 0.15) is 16.9 Å². The lowest BCUT2D eigenvalue weighted by Gasteiger charge is -2.39. The van der Waals surface area contributed by atoms with E-state index < -0.39 is 35.6 Å². The number of aryl methyl sites for hydroxylation is 1. The summed E-state index contributed by atoms with van der Waals surface area (Å²) in [4.78, 5) is 92.9. The fourth-order valence-corrected chi connectivity index (χ4v) is 9.39. The van der Waals surface area contributed by atoms with Crippen molar-refractivity contribution in [2.24, 2.45) is 17.6 Å². The molecule has 17 nitrogen and oxygen atoms in total. The number of imide groups is 2. The number of fused-ring (bicyclic) bond motifs is 1. The van der Waals surface area contributed by atoms with E-state index in [2.05, 4.69) is 40.0 Å². The number of nitrogens with two attached hydrogens (primary N) is 1. The van der Waals surface area contributed by atoms with Gasteiger partial charge in [0, 0.05) is 56.8 Å². The number of hydrogen-bond acceptors (Lipinski definition) is 14. The van der Waals surface area contributed by atoms with Gasteiger partial charge in [0.2, 0.25) is 17.7 Å². The van der Waals surface area contributed by atoms with E-state index in [9.17, 15) is 28.8 Å². The van der Waals surface area contributed by atoms with Crippen LogP contribution in [0, 0.1) is 18.8 Å². The number of rotatable bonds is 10. The second-order valence-electron chi connectivity index (χ2n) is 15.7. The number of carbonyl (C=O) groups excluding carboxylic acids is 6. The van der Waals surface area contributed by atoms with Crippen LogP contribution in [0.3, 0.4) is 0 Å². The molecular formula is C39H47N11O6S. The van der Waals surface area contributed by atoms with Gasteiger partial charge in [0.05, 0.1) is 23.0 Å². The molecule has 4 saturated heterocycles. The zero-order chi connectivity index (χ0) is 39.8. The van der Waals surface area contributed by atoms with Crippen molar-refractivity contribution in [3.63, 3.8) is 0 Å². The summed E-state index contributed by atoms with van der Waals surface area (Å²) in [7, 11) is 0. The number of amides is 6. The Morgan fingerprint density at radius 3 is 2.42 bits per heavy atom. The Kier molecular flexibility index (Phi) is 10.9. The van der Waals surface area contributed by atoms with Gasteiger partial charge in [0.15, 0.2) is 11.5 Å². The maximum atomic E-state index is 13.5. The lowest BCUT2D eigenvalue weighted by molar-refractivity contribution is -0.136. The number of nitrogens with one attached hydrogen (secondary N) is 3. The second kappa shape index (κ2) is 16.2. The van der Waals surface area contributed by atoms with Crippen molar-refractivity contribution in [3.05, 3.63) is 53.0 Å². The highest BCUT2D eigenvalue weighted by atomic mass is 32.1. The van der Waals surface area contributed by atoms with Gasteiger partial charge in [-0.1, -0.05) is 0 Å². The van der Waals surface area contributed by atoms with E-state index in [0.717, 1.165) is 99.1 Å². The van der Waals surface area contributed by atoms with Crippen molar-refractivity contribution < 1.29 is 28.8 Å². The molecule has 57 heavy (non-hydrogen) atoms. The first-order valence-corrected chi connectivity index (χ1v) is 20.5. The van der Waals surface area contributed by atoms with Crippen molar-refractivity contribution in [2.45, 2.75) is 70.4 Å². The molecule has 1 unspecified atom stereocenters. The Balaban J connectivity index is 0.789. The Bertz CT molecular complexity index is 2090. The summed E-state index contributed by atoms with van der Waals surface area (Å²) in [6.07, 6.45) is 7.13. The van der Waals surface area contributed by atoms with Gasteiger partial charge in [-0.2, -0.15) is 4.37 Å². The molecule has 0 spiro atoms. The fourth-order valence-electron chi connectivity index (χ4n) is 8.73. The van der Waals surface area contributed by atoms with Crippen LogP contribution in [0.25, 0.3) is 0 Å². The molecule has 8 rings (SSSR count). The number of aromatic nitrogens is 3. The van der Waals surface area contributed by atoms with Crippen molar-refractivity contribution in [1.82, 2.24) is 34.8 Å². The van der Waals surface area contributed by atoms with Gasteiger partial charge in [0.25, 0.3) is 17.7 Å². The van der Waals surface area contributed by atoms with E-state index in [-0.39, 0.29) is 47.8 Å². The minimum Gasteiger partial charge on any atom is -0.371 e. The van der Waals surface area contributed by atoms with Crippen molar-refractivity contribution >= 4 is 69.3 Å². The minimum atomic E-state index is -0.980. The smallest absolute Gasteiger partial charge is 0.271 e. The third-order valence-corrected chi connectivity index (χ3v) is 12.6. The van der Waals surface area contributed by atoms with Gasteiger partial charge in [-0.3, -0.25) is 39.0 Å². The molecule has 2 aromatic heterocycles. The van der Waals surface area contributed by atoms with E-state index in [1.165, 1.54) is 11.5 Å². The summed E-state index contributed by atoms with van der Waals surface area (Å²) in [5.41, 5.74) is 7.95. The van der Waals surface area contributed by atoms with Crippen molar-refractivity contribution in [2.75, 3.05) is 60.9 Å². The normalized spacial score (nSPS) is 22.4. The third-order valence-electron chi connectivity index (χ3n) is 11.8. The SMILES string of the molecule is Cc1cc(Nc2nc(N3CCC[C@@H](NC(=O)C4CCN(CC5CCN(c6ccc7c(c6)C(=O)N(C6CCC(=O)NC6=O)C7=O)CC5)CC4)C3)cnc2C(N)=O)sn1. The number of carbonyl (C=O) groups is 6. The van der Waals surface area contributed by atoms with E-state index in [1.807, 2.05) is 19.1 Å². The number of benzene rings is 1. The van der Waals surface area contributed by atoms with E-state index in [1.54, 1.807) is 18.3 Å². The summed E-state index contributed by atoms with van der Waals surface area (Å²) < 4.78 is 4.27. The first-order valence-electron chi connectivity index (χ1n) is 19.8. The molecule has 6 amide bonds. The zero-order valence-electron chi connectivity index (χ0n) is 31.9. The number of anilines is 4. The average Bonchev–Trinajstić information content (AvgIpc) is 3.73. The van der Waals surface area contributed by atoms with Crippen LogP contribution in [-0.4, -0.2) is 117 Å². The van der Waals surface area contributed by atoms with Crippen molar-refractivity contribution in [1.29, 1.82) is 0 Å². The van der Waals surface area contributed by atoms with Crippen LogP contribution in [-0.2, 0) is 14.4 Å². The van der Waals surface area contributed by atoms with Crippen LogP contribution in [0.5, 0.6) is 0 Å². The van der Waals surface area contributed by atoms with E-state index >= 15 is 0 Å². The molecule has 4 fully saturated rings. The summed E-state index contributed by atoms with van der Waals surface area (Å²) in [5, 5.41) is 9.43. The summed E-state index contributed by atoms with van der Waals surface area (Å²) in [5.74, 6) is -1.20. The first kappa shape index (κ1) is 38.4. The van der Waals surface area contributed by atoms with Crippen LogP contribution in [0.2, 0.25) is 0 Å². The van der Waals surface area contributed by atoms with E-state index in [4.69, 9.17) is 10.7 Å². The van der Waals surface area contributed by atoms with Gasteiger partial charge >= 0.3 is 0 Å². The number of hydrogen-bond donors (Lipinski definition) is 4. The molecular weight excluding hydrogens is 751 g/mol. The fraction of sp³-hybridized carbons (Fsp3) is 0.513. The second-order valence-corrected chi connectivity index (χ2v) is 16.5. The standard InChI is InChI=1S/C39H47N11O6S/c1-22-17-32(57-46-22)45-35-33(34(40)52)41-19-30(43-35)49-12-2-3-25(21-49)42-36(53)24-10-13-47(14-11-24)20-23-8-15-48(16-9-23)26-4-5-27-28(18-26)39(56)50(38(27)55)29-6-7-31(51)44-37(29)54/h4-5,17-19,23-25,29H,2-3,6-16,20-21H2,1H3,(H2,40,52)(H,42,53)(H,43,45)(H,44,51,54)/t25-,29?/m1/s1. The van der Waals surface area contributed by atoms with Crippen LogP contribution in [0.15, 0.2) is 30.5 Å². The summed E-state index contributed by atoms with van der Waals surface area (Å²) >= 11 is 1.26. The van der Waals surface area contributed by atoms with Gasteiger partial charge in [-0.15, -0.1) is 0 Å². The number of nitrogens with zero attached hydrogens (tertiary/aromatic N) is 7. The monoisotopic (exact) mass is 797 g/mol. The zero-order valence-corrected chi connectivity index (χ0v) is 32.7. The van der Waals surface area contributed by atoms with Crippen LogP contribution in [0.4, 0.5) is 22.3 Å². The quantitative estimate of drug-likeness (QED) is 0.217. The molecule has 5 aliphatic rings. The van der Waals surface area contributed by atoms with Gasteiger partial charge < -0.3 is 31.1 Å². The third kappa shape index (κ3) is 8.18. The molecule has 18 heteroatoms. The van der Waals surface area contributed by atoms with Crippen LogP contribution < -0.4 is 31.5 Å². The molecule has 5 N–H and O–H groups in total. The minimum absolute atomic E-state index is 0.0267. The predicted molar refractivity (Wildman–Crippen MR) is 211 cm³/mol. The van der Waals surface area contributed by atoms with Crippen LogP contribution in [0.1, 0.15) is 88.3 Å². The molecule has 0 saturated carbocycles. The topological polar surface area (TPSA) is 216 Å². The number of primary amides is 1. The van der Waals surface area contributed by atoms with E-state index in [0.29, 0.717) is 23.8 Å². The number of likely N-dealkylation sites (tertiary alicyclic amines) is 1. The predicted octanol–water partition coefficient (Wildman–Crippen LogP) is 2.20. The molecule has 2 atom stereocenters. The molecule has 7 heterocycles. The van der Waals surface area contributed by atoms with Crippen molar-refractivity contribution in [3.8, 4) is 0 Å².